The van der Waals surface area contributed by atoms with Crippen molar-refractivity contribution in [1.29, 1.82) is 0 Å². The van der Waals surface area contributed by atoms with Crippen molar-refractivity contribution in [2.75, 3.05) is 0 Å². The maximum atomic E-state index is 12.3. The van der Waals surface area contributed by atoms with Crippen LogP contribution in [0.15, 0.2) is 18.2 Å². The molecule has 0 aliphatic heterocycles. The molecule has 0 heterocycles. The van der Waals surface area contributed by atoms with E-state index >= 15 is 0 Å². The molecule has 0 saturated heterocycles. The molecule has 2 N–H and O–H groups in total. The molecule has 1 aromatic rings. The average molecular weight is 238 g/mol. The van der Waals surface area contributed by atoms with Crippen molar-refractivity contribution >= 4 is 12.4 Å². The van der Waals surface area contributed by atoms with Crippen LogP contribution >= 0.6 is 12.4 Å². The van der Waals surface area contributed by atoms with Crippen LogP contribution in [0, 0.1) is 0 Å². The van der Waals surface area contributed by atoms with Crippen molar-refractivity contribution in [2.24, 2.45) is 5.73 Å². The SMILES string of the molecule is Cl.NC1Cc2ccc(C(F)(F)F)cc2C1. The van der Waals surface area contributed by atoms with E-state index in [4.69, 9.17) is 5.73 Å². The molecule has 0 spiro atoms. The highest BCUT2D eigenvalue weighted by atomic mass is 35.5. The van der Waals surface area contributed by atoms with Crippen LogP contribution in [-0.2, 0) is 19.0 Å². The van der Waals surface area contributed by atoms with Gasteiger partial charge in [0, 0.05) is 6.04 Å². The summed E-state index contributed by atoms with van der Waals surface area (Å²) in [4.78, 5) is 0. The predicted molar refractivity (Wildman–Crippen MR) is 54.1 cm³/mol. The minimum Gasteiger partial charge on any atom is -0.327 e. The Bertz CT molecular complexity index is 362. The van der Waals surface area contributed by atoms with Gasteiger partial charge in [-0.3, -0.25) is 0 Å². The molecule has 5 heteroatoms. The van der Waals surface area contributed by atoms with Gasteiger partial charge in [0.15, 0.2) is 0 Å². The molecule has 84 valence electrons. The third-order valence-corrected chi connectivity index (χ3v) is 2.50. The number of hydrogen-bond acceptors (Lipinski definition) is 1. The lowest BCUT2D eigenvalue weighted by atomic mass is 10.1. The van der Waals surface area contributed by atoms with Crippen LogP contribution in [0.4, 0.5) is 13.2 Å². The van der Waals surface area contributed by atoms with Crippen LogP contribution in [-0.4, -0.2) is 6.04 Å². The van der Waals surface area contributed by atoms with Crippen LogP contribution in [0.2, 0.25) is 0 Å². The van der Waals surface area contributed by atoms with Gasteiger partial charge < -0.3 is 5.73 Å². The second kappa shape index (κ2) is 4.02. The molecular formula is C10H11ClF3N. The fourth-order valence-electron chi connectivity index (χ4n) is 1.83. The van der Waals surface area contributed by atoms with Gasteiger partial charge in [0.25, 0.3) is 0 Å². The van der Waals surface area contributed by atoms with E-state index in [2.05, 4.69) is 0 Å². The van der Waals surface area contributed by atoms with Crippen LogP contribution < -0.4 is 5.73 Å². The fraction of sp³-hybridized carbons (Fsp3) is 0.400. The van der Waals surface area contributed by atoms with Crippen molar-refractivity contribution in [1.82, 2.24) is 0 Å². The van der Waals surface area contributed by atoms with Gasteiger partial charge in [-0.25, -0.2) is 0 Å². The van der Waals surface area contributed by atoms with Crippen molar-refractivity contribution in [3.8, 4) is 0 Å². The second-order valence-electron chi connectivity index (χ2n) is 3.65. The summed E-state index contributed by atoms with van der Waals surface area (Å²) in [7, 11) is 0. The first-order valence-electron chi connectivity index (χ1n) is 4.41. The van der Waals surface area contributed by atoms with Gasteiger partial charge in [-0.2, -0.15) is 13.2 Å². The second-order valence-corrected chi connectivity index (χ2v) is 3.65. The molecule has 0 fully saturated rings. The van der Waals surface area contributed by atoms with E-state index in [1.54, 1.807) is 0 Å². The van der Waals surface area contributed by atoms with E-state index in [0.29, 0.717) is 12.8 Å². The summed E-state index contributed by atoms with van der Waals surface area (Å²) in [6, 6.07) is 3.85. The van der Waals surface area contributed by atoms with Crippen molar-refractivity contribution in [3.05, 3.63) is 34.9 Å². The average Bonchev–Trinajstić information content (AvgIpc) is 2.41. The molecule has 1 aliphatic rings. The van der Waals surface area contributed by atoms with Crippen LogP contribution in [0.5, 0.6) is 0 Å². The Morgan fingerprint density at radius 1 is 1.13 bits per heavy atom. The van der Waals surface area contributed by atoms with Gasteiger partial charge >= 0.3 is 6.18 Å². The van der Waals surface area contributed by atoms with Crippen LogP contribution in [0.1, 0.15) is 16.7 Å². The number of halogens is 4. The lowest BCUT2D eigenvalue weighted by Gasteiger charge is -2.08. The monoisotopic (exact) mass is 237 g/mol. The molecule has 1 nitrogen and oxygen atoms in total. The van der Waals surface area contributed by atoms with Gasteiger partial charge in [-0.05, 0) is 36.1 Å². The summed E-state index contributed by atoms with van der Waals surface area (Å²) < 4.78 is 37.0. The lowest BCUT2D eigenvalue weighted by Crippen LogP contribution is -2.19. The number of rotatable bonds is 0. The largest absolute Gasteiger partial charge is 0.416 e. The maximum Gasteiger partial charge on any atom is 0.416 e. The number of benzene rings is 1. The molecule has 1 unspecified atom stereocenters. The first kappa shape index (κ1) is 12.3. The summed E-state index contributed by atoms with van der Waals surface area (Å²) in [6.45, 7) is 0. The standard InChI is InChI=1S/C10H10F3N.ClH/c11-10(12,13)8-2-1-6-4-9(14)5-7(6)3-8;/h1-3,9H,4-5,14H2;1H. The Kier molecular flexibility index (Phi) is 3.31. The lowest BCUT2D eigenvalue weighted by molar-refractivity contribution is -0.137. The smallest absolute Gasteiger partial charge is 0.327 e. The Morgan fingerprint density at radius 2 is 1.73 bits per heavy atom. The zero-order valence-corrected chi connectivity index (χ0v) is 8.66. The molecule has 0 saturated carbocycles. The number of fused-ring (bicyclic) bond motifs is 1. The normalized spacial score (nSPS) is 19.6. The minimum atomic E-state index is -4.25. The quantitative estimate of drug-likeness (QED) is 0.737. The molecule has 0 amide bonds. The third kappa shape index (κ3) is 2.44. The summed E-state index contributed by atoms with van der Waals surface area (Å²) in [6.07, 6.45) is -3.01. The van der Waals surface area contributed by atoms with Gasteiger partial charge in [-0.1, -0.05) is 6.07 Å². The summed E-state index contributed by atoms with van der Waals surface area (Å²) in [5, 5.41) is 0. The Balaban J connectivity index is 0.00000112. The Morgan fingerprint density at radius 3 is 2.33 bits per heavy atom. The molecule has 0 bridgehead atoms. The zero-order valence-electron chi connectivity index (χ0n) is 7.84. The van der Waals surface area contributed by atoms with Gasteiger partial charge in [0.05, 0.1) is 5.56 Å². The van der Waals surface area contributed by atoms with Crippen LogP contribution in [0.25, 0.3) is 0 Å². The highest BCUT2D eigenvalue weighted by molar-refractivity contribution is 5.85. The Labute approximate surface area is 91.9 Å². The number of hydrogen-bond donors (Lipinski definition) is 1. The molecule has 1 aromatic carbocycles. The summed E-state index contributed by atoms with van der Waals surface area (Å²) in [5.41, 5.74) is 6.78. The summed E-state index contributed by atoms with van der Waals surface area (Å²) in [5.74, 6) is 0. The number of alkyl halides is 3. The van der Waals surface area contributed by atoms with Gasteiger partial charge in [0.2, 0.25) is 0 Å². The van der Waals surface area contributed by atoms with Gasteiger partial charge in [0.1, 0.15) is 0 Å². The molecule has 0 radical (unpaired) electrons. The molecule has 1 aliphatic carbocycles. The van der Waals surface area contributed by atoms with E-state index in [-0.39, 0.29) is 18.4 Å². The fourth-order valence-corrected chi connectivity index (χ4v) is 1.83. The summed E-state index contributed by atoms with van der Waals surface area (Å²) >= 11 is 0. The minimum absolute atomic E-state index is 0. The predicted octanol–water partition coefficient (Wildman–Crippen LogP) is 2.55. The van der Waals surface area contributed by atoms with Crippen molar-refractivity contribution in [3.63, 3.8) is 0 Å². The van der Waals surface area contributed by atoms with Crippen LogP contribution in [0.3, 0.4) is 0 Å². The first-order valence-corrected chi connectivity index (χ1v) is 4.41. The Hall–Kier alpha value is -0.740. The highest BCUT2D eigenvalue weighted by Gasteiger charge is 2.32. The molecule has 1 atom stereocenters. The molecular weight excluding hydrogens is 227 g/mol. The van der Waals surface area contributed by atoms with E-state index in [9.17, 15) is 13.2 Å². The third-order valence-electron chi connectivity index (χ3n) is 2.50. The van der Waals surface area contributed by atoms with E-state index < -0.39 is 11.7 Å². The van der Waals surface area contributed by atoms with Crippen molar-refractivity contribution in [2.45, 2.75) is 25.1 Å². The molecule has 0 aromatic heterocycles. The topological polar surface area (TPSA) is 26.0 Å². The van der Waals surface area contributed by atoms with Crippen molar-refractivity contribution < 1.29 is 13.2 Å². The zero-order chi connectivity index (χ0) is 10.3. The molecule has 2 rings (SSSR count). The van der Waals surface area contributed by atoms with E-state index in [1.807, 2.05) is 0 Å². The maximum absolute atomic E-state index is 12.3. The van der Waals surface area contributed by atoms with E-state index in [1.165, 1.54) is 12.1 Å². The molecule has 15 heavy (non-hydrogen) atoms. The van der Waals surface area contributed by atoms with Gasteiger partial charge in [-0.15, -0.1) is 12.4 Å². The van der Waals surface area contributed by atoms with E-state index in [0.717, 1.165) is 17.2 Å². The highest BCUT2D eigenvalue weighted by Crippen LogP contribution is 2.32. The first-order chi connectivity index (χ1) is 6.47. The number of nitrogens with two attached hydrogens (primary N) is 1.